The molecule has 7 heteroatoms. The van der Waals surface area contributed by atoms with Crippen molar-refractivity contribution in [2.75, 3.05) is 4.90 Å². The van der Waals surface area contributed by atoms with E-state index in [0.717, 1.165) is 12.2 Å². The summed E-state index contributed by atoms with van der Waals surface area (Å²) in [5, 5.41) is 3.07. The average Bonchev–Trinajstić information content (AvgIpc) is 2.98. The van der Waals surface area contributed by atoms with Gasteiger partial charge in [-0.05, 0) is 55.5 Å². The van der Waals surface area contributed by atoms with Crippen LogP contribution in [0.5, 0.6) is 0 Å². The van der Waals surface area contributed by atoms with Gasteiger partial charge in [0.25, 0.3) is 11.8 Å². The van der Waals surface area contributed by atoms with Crippen LogP contribution in [0.25, 0.3) is 6.08 Å². The fourth-order valence-electron chi connectivity index (χ4n) is 2.50. The average molecular weight is 360 g/mol. The SMILES string of the molecule is CCn1cccc1/C=C1\C(=O)NC(=S)N(c2cccc(Cl)c2)C1=O. The predicted molar refractivity (Wildman–Crippen MR) is 97.8 cm³/mol. The summed E-state index contributed by atoms with van der Waals surface area (Å²) >= 11 is 11.1. The van der Waals surface area contributed by atoms with Gasteiger partial charge in [-0.15, -0.1) is 0 Å². The third-order valence-electron chi connectivity index (χ3n) is 3.67. The van der Waals surface area contributed by atoms with E-state index >= 15 is 0 Å². The first-order valence-electron chi connectivity index (χ1n) is 7.33. The standard InChI is InChI=1S/C17H14ClN3O2S/c1-2-20-8-4-7-12(20)10-14-15(22)19-17(24)21(16(14)23)13-6-3-5-11(18)9-13/h3-10H,2H2,1H3,(H,19,22,24)/b14-10+. The van der Waals surface area contributed by atoms with Crippen molar-refractivity contribution in [3.05, 3.63) is 58.9 Å². The van der Waals surface area contributed by atoms with Crippen molar-refractivity contribution in [2.45, 2.75) is 13.5 Å². The van der Waals surface area contributed by atoms with E-state index in [0.29, 0.717) is 10.7 Å². The van der Waals surface area contributed by atoms with E-state index in [-0.39, 0.29) is 10.7 Å². The van der Waals surface area contributed by atoms with E-state index in [9.17, 15) is 9.59 Å². The van der Waals surface area contributed by atoms with Crippen LogP contribution in [-0.4, -0.2) is 21.5 Å². The number of benzene rings is 1. The summed E-state index contributed by atoms with van der Waals surface area (Å²) in [6, 6.07) is 10.4. The molecular weight excluding hydrogens is 346 g/mol. The summed E-state index contributed by atoms with van der Waals surface area (Å²) in [5.41, 5.74) is 1.31. The number of amides is 2. The first kappa shape index (κ1) is 16.4. The van der Waals surface area contributed by atoms with Gasteiger partial charge in [0.15, 0.2) is 5.11 Å². The Kier molecular flexibility index (Phi) is 4.51. The van der Waals surface area contributed by atoms with Gasteiger partial charge in [-0.1, -0.05) is 17.7 Å². The summed E-state index contributed by atoms with van der Waals surface area (Å²) in [4.78, 5) is 26.3. The number of anilines is 1. The third kappa shape index (κ3) is 2.98. The van der Waals surface area contributed by atoms with Gasteiger partial charge >= 0.3 is 0 Å². The zero-order valence-electron chi connectivity index (χ0n) is 12.8. The topological polar surface area (TPSA) is 54.3 Å². The Labute approximate surface area is 149 Å². The number of nitrogens with one attached hydrogen (secondary N) is 1. The molecule has 2 amide bonds. The van der Waals surface area contributed by atoms with Crippen LogP contribution in [0.15, 0.2) is 48.2 Å². The van der Waals surface area contributed by atoms with Crippen molar-refractivity contribution in [3.8, 4) is 0 Å². The summed E-state index contributed by atoms with van der Waals surface area (Å²) < 4.78 is 1.93. The Morgan fingerprint density at radius 2 is 2.04 bits per heavy atom. The number of rotatable bonds is 3. The smallest absolute Gasteiger partial charge is 0.270 e. The molecule has 5 nitrogen and oxygen atoms in total. The van der Waals surface area contributed by atoms with E-state index in [1.165, 1.54) is 4.90 Å². The Morgan fingerprint density at radius 3 is 2.75 bits per heavy atom. The molecule has 2 aromatic rings. The van der Waals surface area contributed by atoms with Crippen LogP contribution in [0, 0.1) is 0 Å². The van der Waals surface area contributed by atoms with Crippen molar-refractivity contribution in [1.29, 1.82) is 0 Å². The molecule has 0 spiro atoms. The minimum Gasteiger partial charge on any atom is -0.348 e. The highest BCUT2D eigenvalue weighted by Gasteiger charge is 2.34. The molecule has 0 aliphatic carbocycles. The molecule has 0 radical (unpaired) electrons. The number of hydrogen-bond donors (Lipinski definition) is 1. The van der Waals surface area contributed by atoms with Gasteiger partial charge in [0.05, 0.1) is 5.69 Å². The van der Waals surface area contributed by atoms with Crippen LogP contribution < -0.4 is 10.2 Å². The van der Waals surface area contributed by atoms with Gasteiger partial charge in [0, 0.05) is 23.5 Å². The van der Waals surface area contributed by atoms with Crippen LogP contribution >= 0.6 is 23.8 Å². The minimum atomic E-state index is -0.507. The lowest BCUT2D eigenvalue weighted by molar-refractivity contribution is -0.122. The molecule has 1 aromatic carbocycles. The predicted octanol–water partition coefficient (Wildman–Crippen LogP) is 2.99. The van der Waals surface area contributed by atoms with Gasteiger partial charge in [-0.3, -0.25) is 19.8 Å². The van der Waals surface area contributed by atoms with Gasteiger partial charge < -0.3 is 4.57 Å². The quantitative estimate of drug-likeness (QED) is 0.520. The maximum atomic E-state index is 12.8. The maximum Gasteiger partial charge on any atom is 0.270 e. The van der Waals surface area contributed by atoms with Gasteiger partial charge in [0.2, 0.25) is 0 Å². The Hall–Kier alpha value is -2.44. The first-order valence-corrected chi connectivity index (χ1v) is 8.12. The molecule has 0 bridgehead atoms. The molecule has 122 valence electrons. The lowest BCUT2D eigenvalue weighted by Gasteiger charge is -2.29. The number of carbonyl (C=O) groups is 2. The number of halogens is 1. The molecule has 1 fully saturated rings. The monoisotopic (exact) mass is 359 g/mol. The van der Waals surface area contributed by atoms with Crippen molar-refractivity contribution >= 4 is 52.5 Å². The zero-order chi connectivity index (χ0) is 17.3. The zero-order valence-corrected chi connectivity index (χ0v) is 14.4. The highest BCUT2D eigenvalue weighted by atomic mass is 35.5. The number of aromatic nitrogens is 1. The maximum absolute atomic E-state index is 12.8. The lowest BCUT2D eigenvalue weighted by Crippen LogP contribution is -2.54. The summed E-state index contributed by atoms with van der Waals surface area (Å²) in [6.07, 6.45) is 3.46. The van der Waals surface area contributed by atoms with E-state index < -0.39 is 11.8 Å². The molecule has 1 aliphatic heterocycles. The molecule has 0 saturated carbocycles. The molecule has 2 heterocycles. The second-order valence-corrected chi connectivity index (χ2v) is 5.98. The van der Waals surface area contributed by atoms with Crippen molar-refractivity contribution in [2.24, 2.45) is 0 Å². The van der Waals surface area contributed by atoms with Gasteiger partial charge in [0.1, 0.15) is 5.57 Å². The van der Waals surface area contributed by atoms with E-state index in [1.54, 1.807) is 30.3 Å². The molecule has 1 saturated heterocycles. The van der Waals surface area contributed by atoms with Crippen molar-refractivity contribution in [3.63, 3.8) is 0 Å². The number of carbonyl (C=O) groups excluding carboxylic acids is 2. The molecule has 1 aliphatic rings. The summed E-state index contributed by atoms with van der Waals surface area (Å²) in [7, 11) is 0. The van der Waals surface area contributed by atoms with E-state index in [1.807, 2.05) is 29.8 Å². The molecule has 0 atom stereocenters. The number of thiocarbonyl (C=S) groups is 1. The van der Waals surface area contributed by atoms with Crippen LogP contribution in [-0.2, 0) is 16.1 Å². The summed E-state index contributed by atoms with van der Waals surface area (Å²) in [6.45, 7) is 2.72. The van der Waals surface area contributed by atoms with E-state index in [2.05, 4.69) is 5.32 Å². The Bertz CT molecular complexity index is 872. The second kappa shape index (κ2) is 6.59. The number of hydrogen-bond acceptors (Lipinski definition) is 3. The van der Waals surface area contributed by atoms with Gasteiger partial charge in [-0.25, -0.2) is 0 Å². The normalized spacial score (nSPS) is 16.7. The fourth-order valence-corrected chi connectivity index (χ4v) is 2.97. The van der Waals surface area contributed by atoms with Gasteiger partial charge in [-0.2, -0.15) is 0 Å². The van der Waals surface area contributed by atoms with E-state index in [4.69, 9.17) is 23.8 Å². The highest BCUT2D eigenvalue weighted by molar-refractivity contribution is 7.80. The van der Waals surface area contributed by atoms with Crippen molar-refractivity contribution in [1.82, 2.24) is 9.88 Å². The third-order valence-corrected chi connectivity index (χ3v) is 4.19. The Balaban J connectivity index is 2.03. The molecule has 1 N–H and O–H groups in total. The molecule has 0 unspecified atom stereocenters. The first-order chi connectivity index (χ1) is 11.5. The van der Waals surface area contributed by atoms with Crippen LogP contribution in [0.1, 0.15) is 12.6 Å². The van der Waals surface area contributed by atoms with Crippen LogP contribution in [0.4, 0.5) is 5.69 Å². The molecule has 24 heavy (non-hydrogen) atoms. The number of aryl methyl sites for hydroxylation is 1. The molecular formula is C17H14ClN3O2S. The highest BCUT2D eigenvalue weighted by Crippen LogP contribution is 2.24. The fraction of sp³-hybridized carbons (Fsp3) is 0.118. The number of nitrogens with zero attached hydrogens (tertiary/aromatic N) is 2. The Morgan fingerprint density at radius 1 is 1.25 bits per heavy atom. The second-order valence-electron chi connectivity index (χ2n) is 5.16. The lowest BCUT2D eigenvalue weighted by atomic mass is 10.1. The van der Waals surface area contributed by atoms with Crippen LogP contribution in [0.2, 0.25) is 5.02 Å². The largest absolute Gasteiger partial charge is 0.348 e. The summed E-state index contributed by atoms with van der Waals surface area (Å²) in [5.74, 6) is -0.984. The molecule has 3 rings (SSSR count). The van der Waals surface area contributed by atoms with Crippen molar-refractivity contribution < 1.29 is 9.59 Å². The van der Waals surface area contributed by atoms with Crippen LogP contribution in [0.3, 0.4) is 0 Å². The minimum absolute atomic E-state index is 0.0250. The molecule has 1 aromatic heterocycles.